The summed E-state index contributed by atoms with van der Waals surface area (Å²) in [6.07, 6.45) is 10.9. The maximum atomic E-state index is 12.3. The smallest absolute Gasteiger partial charge is 0.308 e. The van der Waals surface area contributed by atoms with E-state index in [-0.39, 0.29) is 23.4 Å². The Balaban J connectivity index is 1.49. The third-order valence-corrected chi connectivity index (χ3v) is 9.86. The fraction of sp³-hybridized carbons (Fsp3) is 0.920. The van der Waals surface area contributed by atoms with Crippen LogP contribution in [0.5, 0.6) is 0 Å². The summed E-state index contributed by atoms with van der Waals surface area (Å²) >= 11 is 0. The van der Waals surface area contributed by atoms with Gasteiger partial charge >= 0.3 is 5.97 Å². The van der Waals surface area contributed by atoms with E-state index in [2.05, 4.69) is 13.8 Å². The number of fused-ring (bicyclic) bond motifs is 5. The molecule has 0 unspecified atom stereocenters. The van der Waals surface area contributed by atoms with Crippen molar-refractivity contribution < 1.29 is 14.3 Å². The molecule has 8 atom stereocenters. The minimum absolute atomic E-state index is 0.0306. The van der Waals surface area contributed by atoms with E-state index < -0.39 is 0 Å². The number of hydrogen-bond acceptors (Lipinski definition) is 3. The van der Waals surface area contributed by atoms with Crippen molar-refractivity contribution in [1.29, 1.82) is 0 Å². The first kappa shape index (κ1) is 20.4. The first-order chi connectivity index (χ1) is 13.2. The molecule has 4 aliphatic rings. The normalized spacial score (nSPS) is 47.8. The summed E-state index contributed by atoms with van der Waals surface area (Å²) < 4.78 is 5.83. The molecule has 0 aromatic rings. The van der Waals surface area contributed by atoms with Crippen molar-refractivity contribution in [1.82, 2.24) is 0 Å². The van der Waals surface area contributed by atoms with Gasteiger partial charge in [0.05, 0.1) is 5.92 Å². The monoisotopic (exact) mass is 388 g/mol. The molecule has 4 aliphatic carbocycles. The van der Waals surface area contributed by atoms with Gasteiger partial charge < -0.3 is 4.74 Å². The third kappa shape index (κ3) is 3.06. The number of ketones is 1. The zero-order valence-corrected chi connectivity index (χ0v) is 18.6. The molecule has 0 aromatic heterocycles. The summed E-state index contributed by atoms with van der Waals surface area (Å²) in [7, 11) is 0. The van der Waals surface area contributed by atoms with E-state index in [9.17, 15) is 9.59 Å². The van der Waals surface area contributed by atoms with E-state index >= 15 is 0 Å². The topological polar surface area (TPSA) is 43.4 Å². The number of carbonyl (C=O) groups excluding carboxylic acids is 2. The Labute approximate surface area is 171 Å². The number of hydrogen-bond donors (Lipinski definition) is 0. The van der Waals surface area contributed by atoms with Crippen molar-refractivity contribution in [2.45, 2.75) is 98.5 Å². The zero-order chi connectivity index (χ0) is 20.3. The molecule has 0 N–H and O–H groups in total. The van der Waals surface area contributed by atoms with Gasteiger partial charge in [-0.15, -0.1) is 0 Å². The van der Waals surface area contributed by atoms with Crippen LogP contribution in [0.4, 0.5) is 0 Å². The number of Topliss-reactive ketones (excluding diaryl/α,β-unsaturated/α-hetero) is 1. The molecule has 4 saturated carbocycles. The summed E-state index contributed by atoms with van der Waals surface area (Å²) in [5.41, 5.74) is 0.652. The average molecular weight is 389 g/mol. The molecular formula is C25H40O3. The van der Waals surface area contributed by atoms with Crippen LogP contribution in [0.25, 0.3) is 0 Å². The first-order valence-electron chi connectivity index (χ1n) is 11.9. The highest BCUT2D eigenvalue weighted by Gasteiger charge is 2.60. The maximum absolute atomic E-state index is 12.3. The van der Waals surface area contributed by atoms with E-state index in [0.29, 0.717) is 23.0 Å². The van der Waals surface area contributed by atoms with Gasteiger partial charge in [0.15, 0.2) is 0 Å². The van der Waals surface area contributed by atoms with Gasteiger partial charge in [-0.3, -0.25) is 9.59 Å². The van der Waals surface area contributed by atoms with Gasteiger partial charge in [0.25, 0.3) is 0 Å². The third-order valence-electron chi connectivity index (χ3n) is 9.86. The van der Waals surface area contributed by atoms with Gasteiger partial charge in [-0.1, -0.05) is 27.7 Å². The second-order valence-electron chi connectivity index (χ2n) is 11.4. The van der Waals surface area contributed by atoms with E-state index in [1.807, 2.05) is 20.8 Å². The highest BCUT2D eigenvalue weighted by molar-refractivity contribution is 5.79. The minimum Gasteiger partial charge on any atom is -0.462 e. The minimum atomic E-state index is -0.0309. The molecule has 4 fully saturated rings. The second-order valence-corrected chi connectivity index (χ2v) is 11.4. The molecular weight excluding hydrogens is 348 g/mol. The van der Waals surface area contributed by atoms with Crippen LogP contribution < -0.4 is 0 Å². The van der Waals surface area contributed by atoms with Crippen molar-refractivity contribution in [3.05, 3.63) is 0 Å². The lowest BCUT2D eigenvalue weighted by atomic mass is 9.44. The van der Waals surface area contributed by atoms with Gasteiger partial charge in [0.2, 0.25) is 0 Å². The lowest BCUT2D eigenvalue weighted by Crippen LogP contribution is -2.54. The predicted octanol–water partition coefficient (Wildman–Crippen LogP) is 5.80. The Kier molecular flexibility index (Phi) is 5.20. The Morgan fingerprint density at radius 1 is 0.893 bits per heavy atom. The Morgan fingerprint density at radius 3 is 2.25 bits per heavy atom. The fourth-order valence-electron chi connectivity index (χ4n) is 8.29. The zero-order valence-electron chi connectivity index (χ0n) is 18.6. The largest absolute Gasteiger partial charge is 0.462 e. The molecule has 0 bridgehead atoms. The number of esters is 1. The lowest BCUT2D eigenvalue weighted by molar-refractivity contribution is -0.166. The number of rotatable bonds is 3. The molecule has 28 heavy (non-hydrogen) atoms. The van der Waals surface area contributed by atoms with Crippen LogP contribution in [0.1, 0.15) is 92.4 Å². The van der Waals surface area contributed by atoms with Crippen molar-refractivity contribution >= 4 is 11.8 Å². The summed E-state index contributed by atoms with van der Waals surface area (Å²) in [6, 6.07) is 0. The highest BCUT2D eigenvalue weighted by atomic mass is 16.5. The summed E-state index contributed by atoms with van der Waals surface area (Å²) in [5, 5.41) is 0. The van der Waals surface area contributed by atoms with E-state index in [4.69, 9.17) is 4.74 Å². The van der Waals surface area contributed by atoms with Crippen LogP contribution in [0.3, 0.4) is 0 Å². The Morgan fingerprint density at radius 2 is 1.57 bits per heavy atom. The predicted molar refractivity (Wildman–Crippen MR) is 111 cm³/mol. The standard InChI is InChI=1S/C25H40O3/c1-15(2)23(27)28-18-10-12-24(4)17(14-18)6-7-19-21-9-8-20(16(3)26)25(21,5)13-11-22(19)24/h15,17-22H,6-14H2,1-5H3/t17-,18+,19-,20+,21-,22-,24-,25+/m0/s1. The Hall–Kier alpha value is -0.860. The van der Waals surface area contributed by atoms with E-state index in [0.717, 1.165) is 37.0 Å². The maximum Gasteiger partial charge on any atom is 0.308 e. The van der Waals surface area contributed by atoms with Crippen molar-refractivity contribution in [3.8, 4) is 0 Å². The molecule has 3 heteroatoms. The second kappa shape index (κ2) is 7.13. The number of ether oxygens (including phenoxy) is 1. The van der Waals surface area contributed by atoms with E-state index in [1.54, 1.807) is 0 Å². The van der Waals surface area contributed by atoms with Crippen LogP contribution in [0.15, 0.2) is 0 Å². The van der Waals surface area contributed by atoms with Crippen molar-refractivity contribution in [2.24, 2.45) is 46.3 Å². The summed E-state index contributed by atoms with van der Waals surface area (Å²) in [6.45, 7) is 10.7. The lowest BCUT2D eigenvalue weighted by Gasteiger charge is -2.61. The summed E-state index contributed by atoms with van der Waals surface area (Å²) in [5.74, 6) is 3.71. The first-order valence-corrected chi connectivity index (χ1v) is 11.9. The van der Waals surface area contributed by atoms with Gasteiger partial charge in [0, 0.05) is 5.92 Å². The van der Waals surface area contributed by atoms with Crippen molar-refractivity contribution in [2.75, 3.05) is 0 Å². The summed E-state index contributed by atoms with van der Waals surface area (Å²) in [4.78, 5) is 24.4. The average Bonchev–Trinajstić information content (AvgIpc) is 2.99. The van der Waals surface area contributed by atoms with Crippen LogP contribution in [0.2, 0.25) is 0 Å². The van der Waals surface area contributed by atoms with Gasteiger partial charge in [-0.25, -0.2) is 0 Å². The molecule has 0 spiro atoms. The Bertz CT molecular complexity index is 640. The number of carbonyl (C=O) groups is 2. The van der Waals surface area contributed by atoms with E-state index in [1.165, 1.54) is 38.5 Å². The molecule has 0 saturated heterocycles. The molecule has 4 rings (SSSR count). The fourth-order valence-corrected chi connectivity index (χ4v) is 8.29. The molecule has 0 aromatic carbocycles. The molecule has 158 valence electrons. The van der Waals surface area contributed by atoms with Crippen LogP contribution >= 0.6 is 0 Å². The van der Waals surface area contributed by atoms with Crippen LogP contribution in [0, 0.1) is 46.3 Å². The van der Waals surface area contributed by atoms with Crippen LogP contribution in [-0.4, -0.2) is 17.9 Å². The van der Waals surface area contributed by atoms with Crippen molar-refractivity contribution in [3.63, 3.8) is 0 Å². The SMILES string of the molecule is CC(=O)[C@H]1CC[C@H]2[C@@H]3CC[C@H]4C[C@H](OC(=O)C(C)C)CC[C@]4(C)[C@H]3CC[C@]12C. The molecule has 0 heterocycles. The van der Waals surface area contributed by atoms with Gasteiger partial charge in [0.1, 0.15) is 11.9 Å². The van der Waals surface area contributed by atoms with Gasteiger partial charge in [-0.05, 0) is 99.2 Å². The molecule has 0 amide bonds. The molecule has 0 radical (unpaired) electrons. The van der Waals surface area contributed by atoms with Gasteiger partial charge in [-0.2, -0.15) is 0 Å². The molecule has 3 nitrogen and oxygen atoms in total. The molecule has 0 aliphatic heterocycles. The quantitative estimate of drug-likeness (QED) is 0.574. The van der Waals surface area contributed by atoms with Crippen LogP contribution in [-0.2, 0) is 14.3 Å². The highest BCUT2D eigenvalue weighted by Crippen LogP contribution is 2.67.